The van der Waals surface area contributed by atoms with Crippen LogP contribution in [0.1, 0.15) is 39.0 Å². The Bertz CT molecular complexity index is 380. The molecule has 0 spiro atoms. The van der Waals surface area contributed by atoms with Gasteiger partial charge in [-0.05, 0) is 26.8 Å². The first-order chi connectivity index (χ1) is 9.42. The van der Waals surface area contributed by atoms with Crippen molar-refractivity contribution in [2.45, 2.75) is 50.6 Å². The van der Waals surface area contributed by atoms with Crippen molar-refractivity contribution in [2.24, 2.45) is 0 Å². The summed E-state index contributed by atoms with van der Waals surface area (Å²) in [7, 11) is 2.06. The highest BCUT2D eigenvalue weighted by atomic mass is 16.4. The number of carbonyl (C=O) groups is 2. The lowest BCUT2D eigenvalue weighted by molar-refractivity contribution is -0.138. The summed E-state index contributed by atoms with van der Waals surface area (Å²) in [4.78, 5) is 27.5. The van der Waals surface area contributed by atoms with Crippen LogP contribution in [0.2, 0.25) is 0 Å². The van der Waals surface area contributed by atoms with Gasteiger partial charge in [-0.1, -0.05) is 12.8 Å². The van der Waals surface area contributed by atoms with E-state index in [1.165, 1.54) is 0 Å². The molecule has 1 unspecified atom stereocenters. The Morgan fingerprint density at radius 2 is 1.95 bits per heavy atom. The summed E-state index contributed by atoms with van der Waals surface area (Å²) in [6.45, 7) is 4.36. The predicted octanol–water partition coefficient (Wildman–Crippen LogP) is 1.12. The Hall–Kier alpha value is -1.30. The zero-order valence-electron chi connectivity index (χ0n) is 12.4. The standard InChI is InChI=1S/C14H25N3O3/c1-11-10-17(8-7-16(11)2)13(20)15-14(9-12(18)19)5-3-4-6-14/h11H,3-10H2,1-2H3,(H,15,20)(H,18,19). The van der Waals surface area contributed by atoms with Gasteiger partial charge in [-0.2, -0.15) is 0 Å². The molecule has 2 N–H and O–H groups in total. The minimum Gasteiger partial charge on any atom is -0.481 e. The highest BCUT2D eigenvalue weighted by Gasteiger charge is 2.39. The molecule has 1 atom stereocenters. The van der Waals surface area contributed by atoms with Crippen LogP contribution in [-0.4, -0.2) is 65.2 Å². The summed E-state index contributed by atoms with van der Waals surface area (Å²) in [5, 5.41) is 12.1. The van der Waals surface area contributed by atoms with Crippen LogP contribution in [0.4, 0.5) is 4.79 Å². The van der Waals surface area contributed by atoms with Crippen molar-refractivity contribution in [3.63, 3.8) is 0 Å². The average molecular weight is 283 g/mol. The highest BCUT2D eigenvalue weighted by molar-refractivity contribution is 5.77. The molecular formula is C14H25N3O3. The molecule has 1 saturated carbocycles. The molecule has 114 valence electrons. The number of carboxylic acid groups (broad SMARTS) is 1. The van der Waals surface area contributed by atoms with Crippen molar-refractivity contribution in [1.29, 1.82) is 0 Å². The van der Waals surface area contributed by atoms with E-state index in [4.69, 9.17) is 5.11 Å². The van der Waals surface area contributed by atoms with Gasteiger partial charge >= 0.3 is 12.0 Å². The Balaban J connectivity index is 1.96. The molecule has 0 bridgehead atoms. The van der Waals surface area contributed by atoms with E-state index in [0.29, 0.717) is 19.1 Å². The number of carboxylic acids is 1. The van der Waals surface area contributed by atoms with E-state index in [9.17, 15) is 9.59 Å². The molecular weight excluding hydrogens is 258 g/mol. The van der Waals surface area contributed by atoms with Crippen molar-refractivity contribution in [3.05, 3.63) is 0 Å². The van der Waals surface area contributed by atoms with Crippen LogP contribution in [0, 0.1) is 0 Å². The van der Waals surface area contributed by atoms with Crippen LogP contribution in [0.3, 0.4) is 0 Å². The molecule has 1 heterocycles. The molecule has 0 aromatic heterocycles. The van der Waals surface area contributed by atoms with Crippen molar-refractivity contribution >= 4 is 12.0 Å². The van der Waals surface area contributed by atoms with Gasteiger partial charge < -0.3 is 20.2 Å². The Morgan fingerprint density at radius 3 is 2.50 bits per heavy atom. The molecule has 2 fully saturated rings. The topological polar surface area (TPSA) is 72.9 Å². The van der Waals surface area contributed by atoms with Gasteiger partial charge in [-0.15, -0.1) is 0 Å². The van der Waals surface area contributed by atoms with E-state index >= 15 is 0 Å². The Labute approximate surface area is 120 Å². The molecule has 6 nitrogen and oxygen atoms in total. The van der Waals surface area contributed by atoms with Gasteiger partial charge in [0.1, 0.15) is 0 Å². The average Bonchev–Trinajstić information content (AvgIpc) is 2.79. The van der Waals surface area contributed by atoms with Gasteiger partial charge in [-0.3, -0.25) is 4.79 Å². The summed E-state index contributed by atoms with van der Waals surface area (Å²) in [5.74, 6) is -0.834. The molecule has 2 rings (SSSR count). The van der Waals surface area contributed by atoms with Crippen molar-refractivity contribution in [1.82, 2.24) is 15.1 Å². The maximum Gasteiger partial charge on any atom is 0.317 e. The molecule has 20 heavy (non-hydrogen) atoms. The molecule has 1 aliphatic carbocycles. The number of nitrogens with one attached hydrogen (secondary N) is 1. The third-order valence-corrected chi connectivity index (χ3v) is 4.67. The van der Waals surface area contributed by atoms with E-state index in [2.05, 4.69) is 24.2 Å². The maximum atomic E-state index is 12.4. The highest BCUT2D eigenvalue weighted by Crippen LogP contribution is 2.32. The summed E-state index contributed by atoms with van der Waals surface area (Å²) < 4.78 is 0. The predicted molar refractivity (Wildman–Crippen MR) is 75.6 cm³/mol. The fourth-order valence-corrected chi connectivity index (χ4v) is 3.23. The van der Waals surface area contributed by atoms with Crippen molar-refractivity contribution in [3.8, 4) is 0 Å². The van der Waals surface area contributed by atoms with Crippen LogP contribution >= 0.6 is 0 Å². The van der Waals surface area contributed by atoms with Gasteiger partial charge in [0.05, 0.1) is 12.0 Å². The number of hydrogen-bond acceptors (Lipinski definition) is 3. The summed E-state index contributed by atoms with van der Waals surface area (Å²) in [5.41, 5.74) is -0.532. The van der Waals surface area contributed by atoms with Crippen LogP contribution in [0.25, 0.3) is 0 Å². The van der Waals surface area contributed by atoms with Crippen LogP contribution in [0.15, 0.2) is 0 Å². The number of nitrogens with zero attached hydrogens (tertiary/aromatic N) is 2. The molecule has 0 aromatic carbocycles. The monoisotopic (exact) mass is 283 g/mol. The van der Waals surface area contributed by atoms with Gasteiger partial charge in [0, 0.05) is 25.7 Å². The second-order valence-corrected chi connectivity index (χ2v) is 6.26. The quantitative estimate of drug-likeness (QED) is 0.814. The fourth-order valence-electron chi connectivity index (χ4n) is 3.23. The molecule has 0 radical (unpaired) electrons. The first-order valence-electron chi connectivity index (χ1n) is 7.41. The zero-order chi connectivity index (χ0) is 14.8. The fraction of sp³-hybridized carbons (Fsp3) is 0.857. The van der Waals surface area contributed by atoms with Crippen LogP contribution in [-0.2, 0) is 4.79 Å². The second-order valence-electron chi connectivity index (χ2n) is 6.26. The number of amides is 2. The summed E-state index contributed by atoms with van der Waals surface area (Å²) in [6.07, 6.45) is 3.56. The van der Waals surface area contributed by atoms with Gasteiger partial charge in [0.15, 0.2) is 0 Å². The second kappa shape index (κ2) is 5.99. The van der Waals surface area contributed by atoms with E-state index in [1.807, 2.05) is 4.90 Å². The molecule has 6 heteroatoms. The lowest BCUT2D eigenvalue weighted by Crippen LogP contribution is -2.58. The van der Waals surface area contributed by atoms with Crippen LogP contribution < -0.4 is 5.32 Å². The van der Waals surface area contributed by atoms with Gasteiger partial charge in [0.25, 0.3) is 0 Å². The number of hydrogen-bond donors (Lipinski definition) is 2. The summed E-state index contributed by atoms with van der Waals surface area (Å²) >= 11 is 0. The number of piperazine rings is 1. The molecule has 0 aromatic rings. The SMILES string of the molecule is CC1CN(C(=O)NC2(CC(=O)O)CCCC2)CCN1C. The third-order valence-electron chi connectivity index (χ3n) is 4.67. The number of urea groups is 1. The van der Waals surface area contributed by atoms with Gasteiger partial charge in [-0.25, -0.2) is 4.79 Å². The maximum absolute atomic E-state index is 12.4. The molecule has 1 aliphatic heterocycles. The summed E-state index contributed by atoms with van der Waals surface area (Å²) in [6, 6.07) is 0.238. The number of likely N-dealkylation sites (N-methyl/N-ethyl adjacent to an activating group) is 1. The lowest BCUT2D eigenvalue weighted by atomic mass is 9.93. The molecule has 2 amide bonds. The van der Waals surface area contributed by atoms with E-state index in [1.54, 1.807) is 0 Å². The van der Waals surface area contributed by atoms with Crippen molar-refractivity contribution < 1.29 is 14.7 Å². The number of carbonyl (C=O) groups excluding carboxylic acids is 1. The Kier molecular flexibility index (Phi) is 4.52. The van der Waals surface area contributed by atoms with Crippen LogP contribution in [0.5, 0.6) is 0 Å². The number of rotatable bonds is 3. The third kappa shape index (κ3) is 3.42. The van der Waals surface area contributed by atoms with Gasteiger partial charge in [0.2, 0.25) is 0 Å². The largest absolute Gasteiger partial charge is 0.481 e. The van der Waals surface area contributed by atoms with E-state index in [-0.39, 0.29) is 12.5 Å². The minimum absolute atomic E-state index is 0.0298. The minimum atomic E-state index is -0.834. The smallest absolute Gasteiger partial charge is 0.317 e. The number of aliphatic carboxylic acids is 1. The zero-order valence-corrected chi connectivity index (χ0v) is 12.4. The Morgan fingerprint density at radius 1 is 1.30 bits per heavy atom. The molecule has 2 aliphatic rings. The lowest BCUT2D eigenvalue weighted by Gasteiger charge is -2.39. The van der Waals surface area contributed by atoms with E-state index < -0.39 is 11.5 Å². The first-order valence-corrected chi connectivity index (χ1v) is 7.41. The van der Waals surface area contributed by atoms with Crippen molar-refractivity contribution in [2.75, 3.05) is 26.7 Å². The normalized spacial score (nSPS) is 26.5. The molecule has 1 saturated heterocycles. The van der Waals surface area contributed by atoms with E-state index in [0.717, 1.165) is 32.2 Å². The first kappa shape index (κ1) is 15.1.